The molecule has 0 bridgehead atoms. The number of aryl methyl sites for hydroxylation is 14. The second-order valence-corrected chi connectivity index (χ2v) is 24.0. The van der Waals surface area contributed by atoms with Crippen molar-refractivity contribution >= 4 is 64.6 Å². The first kappa shape index (κ1) is 74.1. The number of hydrogen-bond acceptors (Lipinski definition) is 0. The molecule has 0 fully saturated rings. The van der Waals surface area contributed by atoms with Gasteiger partial charge in [0.15, 0.2) is 0 Å². The molecule has 0 N–H and O–H groups in total. The second-order valence-electron chi connectivity index (χ2n) is 24.0. The van der Waals surface area contributed by atoms with Crippen molar-refractivity contribution in [1.82, 2.24) is 0 Å². The van der Waals surface area contributed by atoms with Gasteiger partial charge in [0, 0.05) is 0 Å². The van der Waals surface area contributed by atoms with Gasteiger partial charge in [0.2, 0.25) is 0 Å². The Morgan fingerprint density at radius 2 is 0.440 bits per heavy atom. The lowest BCUT2D eigenvalue weighted by molar-refractivity contribution is 1.17. The highest BCUT2D eigenvalue weighted by Gasteiger charge is 2.04. The van der Waals surface area contributed by atoms with E-state index < -0.39 is 0 Å². The molecule has 0 aliphatic heterocycles. The largest absolute Gasteiger partial charge is 0.0776 e. The minimum absolute atomic E-state index is 0. The lowest BCUT2D eigenvalue weighted by Gasteiger charge is -2.06. The molecular weight excluding hydrogens is 1090 g/mol. The van der Waals surface area contributed by atoms with Crippen LogP contribution in [-0.2, 0) is 6.42 Å². The van der Waals surface area contributed by atoms with E-state index in [1.165, 1.54) is 154 Å². The molecule has 0 aromatic heterocycles. The van der Waals surface area contributed by atoms with Crippen LogP contribution in [0.1, 0.15) is 119 Å². The molecule has 0 amide bonds. The van der Waals surface area contributed by atoms with E-state index in [9.17, 15) is 0 Å². The van der Waals surface area contributed by atoms with Crippen LogP contribution >= 0.6 is 0 Å². The van der Waals surface area contributed by atoms with Crippen molar-refractivity contribution in [2.24, 2.45) is 0 Å². The summed E-state index contributed by atoms with van der Waals surface area (Å²) in [4.78, 5) is 0. The summed E-state index contributed by atoms with van der Waals surface area (Å²) in [6.45, 7) is 29.9. The molecule has 0 nitrogen and oxygen atoms in total. The van der Waals surface area contributed by atoms with Crippen molar-refractivity contribution in [3.8, 4) is 0 Å². The Bertz CT molecular complexity index is 4310. The predicted octanol–water partition coefficient (Wildman–Crippen LogP) is 27.2. The highest BCUT2D eigenvalue weighted by molar-refractivity contribution is 6.01. The normalized spacial score (nSPS) is 10.0. The molecule has 91 heavy (non-hydrogen) atoms. The molecule has 468 valence electrons. The van der Waals surface area contributed by atoms with Crippen molar-refractivity contribution in [3.63, 3.8) is 0 Å². The van der Waals surface area contributed by atoms with Crippen LogP contribution in [0.25, 0.3) is 64.6 Å². The zero-order valence-electron chi connectivity index (χ0n) is 54.1. The van der Waals surface area contributed by atoms with Crippen LogP contribution < -0.4 is 0 Å². The third-order valence-corrected chi connectivity index (χ3v) is 16.1. The van der Waals surface area contributed by atoms with Crippen LogP contribution in [-0.4, -0.2) is 0 Å². The molecule has 0 aliphatic rings. The molecule has 0 unspecified atom stereocenters. The van der Waals surface area contributed by atoms with E-state index in [1.807, 2.05) is 0 Å². The third kappa shape index (κ3) is 21.7. The number of benzene rings is 14. The van der Waals surface area contributed by atoms with Crippen molar-refractivity contribution in [1.29, 1.82) is 0 Å². The van der Waals surface area contributed by atoms with Gasteiger partial charge in [-0.15, -0.1) is 0 Å². The van der Waals surface area contributed by atoms with Crippen LogP contribution in [0.5, 0.6) is 0 Å². The molecule has 0 heterocycles. The molecule has 0 spiro atoms. The lowest BCUT2D eigenvalue weighted by Crippen LogP contribution is -1.89. The van der Waals surface area contributed by atoms with Crippen LogP contribution in [0.4, 0.5) is 0 Å². The second kappa shape index (κ2) is 35.7. The Morgan fingerprint density at radius 3 is 0.780 bits per heavy atom. The quantitative estimate of drug-likeness (QED) is 0.151. The van der Waals surface area contributed by atoms with E-state index in [4.69, 9.17) is 0 Å². The van der Waals surface area contributed by atoms with Crippen LogP contribution in [0.3, 0.4) is 0 Å². The fourth-order valence-electron chi connectivity index (χ4n) is 11.1. The van der Waals surface area contributed by atoms with Crippen LogP contribution in [0.15, 0.2) is 267 Å². The standard InChI is InChI=1S/2C16H14.C15H16.2C12H12.2C8H10.4CH4/c1-11-3-5-13-9-14-6-4-12(2)8-16(14)10-15(13)7-11;1-11-5-3-7-13-10-16-12(2)6-4-8-14(16)9-15(11)13;1-12-5-3-7-14(9-12)11-15-8-4-6-13(2)10-15;1-9-3-5-11-6-4-10(2)8-12(11)7-9;1-9-5-3-8-12-10(2)6-4-7-11(9)12;1-7-4-3-5-8(2)6-7;1-7-5-3-4-6-8(7)2;;;;/h2*3-10H,1-2H3;3-10H,11H2,1-2H3;2*3-8H,1-2H3;2*3-6H,1-2H3;4*1H4. The Morgan fingerprint density at radius 1 is 0.165 bits per heavy atom. The van der Waals surface area contributed by atoms with E-state index in [1.54, 1.807) is 0 Å². The molecule has 0 saturated heterocycles. The summed E-state index contributed by atoms with van der Waals surface area (Å²) in [5.41, 5.74) is 21.6. The van der Waals surface area contributed by atoms with Gasteiger partial charge in [-0.2, -0.15) is 0 Å². The maximum absolute atomic E-state index is 2.30. The Kier molecular flexibility index (Phi) is 29.1. The first-order chi connectivity index (χ1) is 41.8. The molecule has 0 atom stereocenters. The first-order valence-electron chi connectivity index (χ1n) is 30.7. The molecule has 0 aliphatic carbocycles. The molecule has 0 saturated carbocycles. The SMILES string of the molecule is C.C.C.C.Cc1ccc2cc3ccc(C)cc3cc2c1.Cc1ccc2ccc(C)cc2c1.Cc1cccc(C)c1.Cc1cccc(Cc2cccc(C)c2)c1.Cc1cccc2c(C)cccc12.Cc1cccc2cc3c(C)cccc3cc12.Cc1ccccc1C. The average Bonchev–Trinajstić information content (AvgIpc) is 0.911. The van der Waals surface area contributed by atoms with Crippen LogP contribution in [0, 0.1) is 96.9 Å². The summed E-state index contributed by atoms with van der Waals surface area (Å²) in [6, 6.07) is 95.6. The van der Waals surface area contributed by atoms with Gasteiger partial charge in [-0.1, -0.05) is 317 Å². The fraction of sp³-hybridized carbons (Fsp3) is 0.209. The monoisotopic (exact) mass is 1200 g/mol. The van der Waals surface area contributed by atoms with Gasteiger partial charge in [-0.05, 0) is 237 Å². The van der Waals surface area contributed by atoms with E-state index in [0.717, 1.165) is 6.42 Å². The highest BCUT2D eigenvalue weighted by Crippen LogP contribution is 2.28. The summed E-state index contributed by atoms with van der Waals surface area (Å²) in [5.74, 6) is 0. The van der Waals surface area contributed by atoms with E-state index >= 15 is 0 Å². The first-order valence-corrected chi connectivity index (χ1v) is 30.7. The van der Waals surface area contributed by atoms with Gasteiger partial charge in [0.05, 0.1) is 0 Å². The van der Waals surface area contributed by atoms with Gasteiger partial charge >= 0.3 is 0 Å². The zero-order valence-corrected chi connectivity index (χ0v) is 54.1. The summed E-state index contributed by atoms with van der Waals surface area (Å²) in [5, 5.41) is 16.1. The Labute approximate surface area is 550 Å². The van der Waals surface area contributed by atoms with E-state index in [2.05, 4.69) is 364 Å². The maximum Gasteiger partial charge on any atom is -0.00256 e. The molecule has 14 aromatic carbocycles. The third-order valence-electron chi connectivity index (χ3n) is 16.1. The fourth-order valence-corrected chi connectivity index (χ4v) is 11.1. The summed E-state index contributed by atoms with van der Waals surface area (Å²) >= 11 is 0. The smallest absolute Gasteiger partial charge is 0.00256 e. The topological polar surface area (TPSA) is 0 Å². The zero-order chi connectivity index (χ0) is 62.0. The minimum atomic E-state index is 0. The molecule has 14 rings (SSSR count). The number of rotatable bonds is 2. The van der Waals surface area contributed by atoms with Gasteiger partial charge < -0.3 is 0 Å². The molecule has 0 heteroatoms. The Balaban J connectivity index is 0.000000228. The van der Waals surface area contributed by atoms with Crippen molar-refractivity contribution in [3.05, 3.63) is 356 Å². The van der Waals surface area contributed by atoms with Crippen molar-refractivity contribution in [2.75, 3.05) is 0 Å². The van der Waals surface area contributed by atoms with E-state index in [-0.39, 0.29) is 29.7 Å². The van der Waals surface area contributed by atoms with Crippen LogP contribution in [0.2, 0.25) is 0 Å². The van der Waals surface area contributed by atoms with Crippen molar-refractivity contribution in [2.45, 2.75) is 133 Å². The maximum atomic E-state index is 2.30. The summed E-state index contributed by atoms with van der Waals surface area (Å²) in [7, 11) is 0. The summed E-state index contributed by atoms with van der Waals surface area (Å²) < 4.78 is 0. The number of fused-ring (bicyclic) bond motifs is 6. The van der Waals surface area contributed by atoms with E-state index in [0.29, 0.717) is 0 Å². The van der Waals surface area contributed by atoms with Crippen molar-refractivity contribution < 1.29 is 0 Å². The predicted molar refractivity (Wildman–Crippen MR) is 413 cm³/mol. The highest BCUT2D eigenvalue weighted by atomic mass is 14.1. The lowest BCUT2D eigenvalue weighted by atomic mass is 9.98. The average molecular weight is 1200 g/mol. The molecule has 0 radical (unpaired) electrons. The van der Waals surface area contributed by atoms with Gasteiger partial charge in [-0.25, -0.2) is 0 Å². The van der Waals surface area contributed by atoms with Gasteiger partial charge in [0.1, 0.15) is 0 Å². The van der Waals surface area contributed by atoms with Gasteiger partial charge in [-0.3, -0.25) is 0 Å². The summed E-state index contributed by atoms with van der Waals surface area (Å²) in [6.07, 6.45) is 1.03. The number of hydrogen-bond donors (Lipinski definition) is 0. The molecular formula is C91H104. The van der Waals surface area contributed by atoms with Gasteiger partial charge in [0.25, 0.3) is 0 Å². The molecule has 14 aromatic rings. The Hall–Kier alpha value is -9.36. The minimum Gasteiger partial charge on any atom is -0.0776 e.